The number of hydrogen-bond acceptors (Lipinski definition) is 5. The fourth-order valence-corrected chi connectivity index (χ4v) is 2.74. The van der Waals surface area contributed by atoms with Crippen LogP contribution in [-0.4, -0.2) is 34.4 Å². The van der Waals surface area contributed by atoms with E-state index in [4.69, 9.17) is 22.1 Å². The van der Waals surface area contributed by atoms with Crippen LogP contribution in [0.25, 0.3) is 0 Å². The van der Waals surface area contributed by atoms with Crippen LogP contribution >= 0.6 is 11.6 Å². The van der Waals surface area contributed by atoms with Gasteiger partial charge in [0.2, 0.25) is 0 Å². The molecule has 1 aromatic heterocycles. The van der Waals surface area contributed by atoms with Gasteiger partial charge in [-0.1, -0.05) is 23.7 Å². The molecule has 1 aromatic carbocycles. The number of halogens is 1. The zero-order chi connectivity index (χ0) is 17.1. The Morgan fingerprint density at radius 1 is 1.46 bits per heavy atom. The van der Waals surface area contributed by atoms with Crippen molar-refractivity contribution in [2.24, 2.45) is 17.8 Å². The normalized spacial score (nSPS) is 16.6. The Balaban J connectivity index is 1.56. The van der Waals surface area contributed by atoms with Crippen molar-refractivity contribution in [3.05, 3.63) is 46.7 Å². The van der Waals surface area contributed by atoms with E-state index in [-0.39, 0.29) is 23.7 Å². The molecule has 1 atom stereocenters. The first-order valence-corrected chi connectivity index (χ1v) is 7.94. The second-order valence-corrected chi connectivity index (χ2v) is 6.03. The number of nitrogens with one attached hydrogen (secondary N) is 1. The topological polar surface area (TPSA) is 94.5 Å². The molecule has 1 amide bonds. The van der Waals surface area contributed by atoms with Crippen molar-refractivity contribution in [1.82, 2.24) is 9.78 Å². The number of aromatic nitrogens is 2. The summed E-state index contributed by atoms with van der Waals surface area (Å²) in [4.78, 5) is 16.3. The molecule has 3 rings (SSSR count). The Bertz CT molecular complexity index is 769. The van der Waals surface area contributed by atoms with E-state index in [0.717, 1.165) is 18.4 Å². The van der Waals surface area contributed by atoms with E-state index in [1.54, 1.807) is 13.2 Å². The molecule has 24 heavy (non-hydrogen) atoms. The average Bonchev–Trinajstić information content (AvgIpc) is 3.11. The monoisotopic (exact) mass is 347 g/mol. The Labute approximate surface area is 144 Å². The molecule has 2 aromatic rings. The summed E-state index contributed by atoms with van der Waals surface area (Å²) in [5.74, 6) is -0.332. The maximum absolute atomic E-state index is 12.2. The summed E-state index contributed by atoms with van der Waals surface area (Å²) in [5.41, 5.74) is 7.55. The maximum Gasteiger partial charge on any atom is 0.282 e. The SMILES string of the molecule is Cn1cc(Cl)c(C(=O)Nc2ccc(CC[C@H]3COC(N)=N3)cc2)n1. The van der Waals surface area contributed by atoms with Gasteiger partial charge in [0, 0.05) is 18.9 Å². The number of aliphatic imine (C=N–C) groups is 1. The van der Waals surface area contributed by atoms with Crippen LogP contribution in [0.2, 0.25) is 5.02 Å². The molecule has 7 nitrogen and oxygen atoms in total. The van der Waals surface area contributed by atoms with Crippen LogP contribution < -0.4 is 11.1 Å². The van der Waals surface area contributed by atoms with Crippen molar-refractivity contribution in [1.29, 1.82) is 0 Å². The molecule has 1 aliphatic heterocycles. The van der Waals surface area contributed by atoms with Gasteiger partial charge in [-0.25, -0.2) is 4.99 Å². The minimum atomic E-state index is -0.332. The van der Waals surface area contributed by atoms with Crippen LogP contribution in [0.5, 0.6) is 0 Å². The van der Waals surface area contributed by atoms with E-state index >= 15 is 0 Å². The second kappa shape index (κ2) is 6.92. The highest BCUT2D eigenvalue weighted by Gasteiger charge is 2.17. The lowest BCUT2D eigenvalue weighted by molar-refractivity contribution is 0.102. The Morgan fingerprint density at radius 2 is 2.21 bits per heavy atom. The van der Waals surface area contributed by atoms with Crippen LogP contribution in [0.4, 0.5) is 5.69 Å². The number of amides is 1. The molecule has 2 heterocycles. The highest BCUT2D eigenvalue weighted by Crippen LogP contribution is 2.17. The van der Waals surface area contributed by atoms with Gasteiger partial charge in [-0.3, -0.25) is 9.48 Å². The van der Waals surface area contributed by atoms with Crippen molar-refractivity contribution >= 4 is 29.2 Å². The van der Waals surface area contributed by atoms with Crippen LogP contribution in [0.15, 0.2) is 35.5 Å². The Kier molecular flexibility index (Phi) is 4.71. The zero-order valence-electron chi connectivity index (χ0n) is 13.2. The number of amidine groups is 1. The molecule has 0 spiro atoms. The lowest BCUT2D eigenvalue weighted by Crippen LogP contribution is -2.13. The van der Waals surface area contributed by atoms with Gasteiger partial charge >= 0.3 is 0 Å². The summed E-state index contributed by atoms with van der Waals surface area (Å²) in [5, 5.41) is 7.15. The highest BCUT2D eigenvalue weighted by molar-refractivity contribution is 6.34. The molecule has 0 bridgehead atoms. The molecule has 0 saturated heterocycles. The predicted octanol–water partition coefficient (Wildman–Crippen LogP) is 1.97. The van der Waals surface area contributed by atoms with E-state index in [1.165, 1.54) is 4.68 Å². The van der Waals surface area contributed by atoms with Crippen LogP contribution in [-0.2, 0) is 18.2 Å². The van der Waals surface area contributed by atoms with Gasteiger partial charge in [0.1, 0.15) is 6.61 Å². The number of nitrogens with zero attached hydrogens (tertiary/aromatic N) is 3. The number of anilines is 1. The highest BCUT2D eigenvalue weighted by atomic mass is 35.5. The van der Waals surface area contributed by atoms with Crippen molar-refractivity contribution in [3.8, 4) is 0 Å². The summed E-state index contributed by atoms with van der Waals surface area (Å²) in [6.45, 7) is 0.546. The van der Waals surface area contributed by atoms with Crippen LogP contribution in [0.3, 0.4) is 0 Å². The molecule has 126 valence electrons. The van der Waals surface area contributed by atoms with Gasteiger partial charge in [-0.15, -0.1) is 0 Å². The van der Waals surface area contributed by atoms with E-state index in [0.29, 0.717) is 17.3 Å². The summed E-state index contributed by atoms with van der Waals surface area (Å²) >= 11 is 5.97. The maximum atomic E-state index is 12.2. The minimum absolute atomic E-state index is 0.121. The molecular formula is C16H18ClN5O2. The van der Waals surface area contributed by atoms with Gasteiger partial charge in [0.25, 0.3) is 11.9 Å². The zero-order valence-corrected chi connectivity index (χ0v) is 14.0. The van der Waals surface area contributed by atoms with Gasteiger partial charge in [0.05, 0.1) is 11.1 Å². The van der Waals surface area contributed by atoms with E-state index in [2.05, 4.69) is 15.4 Å². The molecule has 0 saturated carbocycles. The van der Waals surface area contributed by atoms with Crippen LogP contribution in [0, 0.1) is 0 Å². The third-order valence-electron chi connectivity index (χ3n) is 3.71. The third kappa shape index (κ3) is 3.86. The lowest BCUT2D eigenvalue weighted by atomic mass is 10.1. The third-order valence-corrected chi connectivity index (χ3v) is 3.99. The Hall–Kier alpha value is -2.54. The molecule has 3 N–H and O–H groups in total. The fraction of sp³-hybridized carbons (Fsp3) is 0.312. The molecule has 0 unspecified atom stereocenters. The quantitative estimate of drug-likeness (QED) is 0.864. The molecule has 8 heteroatoms. The molecule has 0 aliphatic carbocycles. The number of ether oxygens (including phenoxy) is 1. The Morgan fingerprint density at radius 3 is 2.79 bits per heavy atom. The van der Waals surface area contributed by atoms with E-state index < -0.39 is 0 Å². The van der Waals surface area contributed by atoms with Crippen molar-refractivity contribution in [2.75, 3.05) is 11.9 Å². The summed E-state index contributed by atoms with van der Waals surface area (Å²) < 4.78 is 6.63. The largest absolute Gasteiger partial charge is 0.463 e. The van der Waals surface area contributed by atoms with Gasteiger partial charge in [0.15, 0.2) is 5.69 Å². The number of benzene rings is 1. The number of rotatable bonds is 5. The van der Waals surface area contributed by atoms with E-state index in [9.17, 15) is 4.79 Å². The number of nitrogens with two attached hydrogens (primary N) is 1. The number of aryl methyl sites for hydroxylation is 2. The number of carbonyl (C=O) groups excluding carboxylic acids is 1. The van der Waals surface area contributed by atoms with Crippen molar-refractivity contribution < 1.29 is 9.53 Å². The molecule has 1 aliphatic rings. The van der Waals surface area contributed by atoms with Crippen molar-refractivity contribution in [3.63, 3.8) is 0 Å². The lowest BCUT2D eigenvalue weighted by Gasteiger charge is -2.07. The van der Waals surface area contributed by atoms with Gasteiger partial charge < -0.3 is 15.8 Å². The summed E-state index contributed by atoms with van der Waals surface area (Å²) in [6, 6.07) is 8.04. The second-order valence-electron chi connectivity index (χ2n) is 5.62. The average molecular weight is 348 g/mol. The first-order valence-electron chi connectivity index (χ1n) is 7.57. The fourth-order valence-electron chi connectivity index (χ4n) is 2.48. The smallest absolute Gasteiger partial charge is 0.282 e. The van der Waals surface area contributed by atoms with Crippen molar-refractivity contribution in [2.45, 2.75) is 18.9 Å². The van der Waals surface area contributed by atoms with Crippen LogP contribution in [0.1, 0.15) is 22.5 Å². The van der Waals surface area contributed by atoms with Gasteiger partial charge in [-0.05, 0) is 30.5 Å². The minimum Gasteiger partial charge on any atom is -0.463 e. The van der Waals surface area contributed by atoms with Gasteiger partial charge in [-0.2, -0.15) is 5.10 Å². The predicted molar refractivity (Wildman–Crippen MR) is 92.3 cm³/mol. The first kappa shape index (κ1) is 16.3. The summed E-state index contributed by atoms with van der Waals surface area (Å²) in [6.07, 6.45) is 3.32. The number of carbonyl (C=O) groups is 1. The first-order chi connectivity index (χ1) is 11.5. The van der Waals surface area contributed by atoms with E-state index in [1.807, 2.05) is 24.3 Å². The molecular weight excluding hydrogens is 330 g/mol. The standard InChI is InChI=1S/C16H18ClN5O2/c1-22-8-13(17)14(21-22)15(23)19-11-5-2-10(3-6-11)4-7-12-9-24-16(18)20-12/h2-3,5-6,8,12H,4,7,9H2,1H3,(H2,18,20)(H,19,23)/t12-/m0/s1. The molecule has 0 radical (unpaired) electrons. The summed E-state index contributed by atoms with van der Waals surface area (Å²) in [7, 11) is 1.71. The number of hydrogen-bond donors (Lipinski definition) is 2. The molecule has 0 fully saturated rings.